The molecule has 20 heavy (non-hydrogen) atoms. The number of ether oxygens (including phenoxy) is 1. The van der Waals surface area contributed by atoms with E-state index >= 15 is 0 Å². The van der Waals surface area contributed by atoms with Crippen LogP contribution in [0.2, 0.25) is 0 Å². The third-order valence-electron chi connectivity index (χ3n) is 4.62. The van der Waals surface area contributed by atoms with Crippen molar-refractivity contribution in [3.8, 4) is 0 Å². The van der Waals surface area contributed by atoms with Crippen LogP contribution in [0.4, 0.5) is 0 Å². The van der Waals surface area contributed by atoms with Crippen LogP contribution in [0.5, 0.6) is 0 Å². The van der Waals surface area contributed by atoms with Crippen LogP contribution >= 0.6 is 0 Å². The lowest BCUT2D eigenvalue weighted by Gasteiger charge is -2.21. The molecule has 4 nitrogen and oxygen atoms in total. The summed E-state index contributed by atoms with van der Waals surface area (Å²) in [5, 5.41) is 4.62. The van der Waals surface area contributed by atoms with Crippen LogP contribution in [0, 0.1) is 5.92 Å². The molecule has 0 bridgehead atoms. The predicted octanol–water partition coefficient (Wildman–Crippen LogP) is 2.92. The highest BCUT2D eigenvalue weighted by Crippen LogP contribution is 2.27. The number of aromatic nitrogens is 2. The van der Waals surface area contributed by atoms with Crippen molar-refractivity contribution < 1.29 is 9.53 Å². The van der Waals surface area contributed by atoms with Gasteiger partial charge in [-0.15, -0.1) is 0 Å². The van der Waals surface area contributed by atoms with Gasteiger partial charge in [0.05, 0.1) is 30.9 Å². The molecule has 1 aliphatic heterocycles. The monoisotopic (exact) mass is 276 g/mol. The quantitative estimate of drug-likeness (QED) is 0.849. The molecule has 2 fully saturated rings. The minimum Gasteiger partial charge on any atom is -0.378 e. The summed E-state index contributed by atoms with van der Waals surface area (Å²) < 4.78 is 7.56. The van der Waals surface area contributed by atoms with Gasteiger partial charge in [-0.2, -0.15) is 5.10 Å². The number of ketones is 1. The average Bonchev–Trinajstić information content (AvgIpc) is 3.09. The average molecular weight is 276 g/mol. The van der Waals surface area contributed by atoms with Gasteiger partial charge in [0.1, 0.15) is 5.78 Å². The molecule has 1 aliphatic carbocycles. The van der Waals surface area contributed by atoms with E-state index < -0.39 is 0 Å². The smallest absolute Gasteiger partial charge is 0.144 e. The highest BCUT2D eigenvalue weighted by atomic mass is 16.5. The van der Waals surface area contributed by atoms with Crippen LogP contribution in [0.15, 0.2) is 12.3 Å². The van der Waals surface area contributed by atoms with Crippen LogP contribution in [-0.2, 0) is 16.0 Å². The third-order valence-corrected chi connectivity index (χ3v) is 4.62. The largest absolute Gasteiger partial charge is 0.378 e. The van der Waals surface area contributed by atoms with Gasteiger partial charge in [-0.1, -0.05) is 19.3 Å². The lowest BCUT2D eigenvalue weighted by molar-refractivity contribution is -0.122. The number of carbonyl (C=O) groups excluding carboxylic acids is 1. The number of hydrogen-bond acceptors (Lipinski definition) is 3. The molecule has 1 aromatic heterocycles. The van der Waals surface area contributed by atoms with E-state index in [4.69, 9.17) is 4.74 Å². The lowest BCUT2D eigenvalue weighted by Crippen LogP contribution is -2.18. The van der Waals surface area contributed by atoms with Gasteiger partial charge in [0.2, 0.25) is 0 Å². The summed E-state index contributed by atoms with van der Waals surface area (Å²) >= 11 is 0. The second-order valence-electron chi connectivity index (χ2n) is 6.30. The Balaban J connectivity index is 1.58. The molecular formula is C16H24N2O2. The summed E-state index contributed by atoms with van der Waals surface area (Å²) in [5.74, 6) is 0.355. The molecule has 1 aromatic rings. The van der Waals surface area contributed by atoms with Gasteiger partial charge in [-0.05, 0) is 32.3 Å². The maximum atomic E-state index is 12.2. The van der Waals surface area contributed by atoms with E-state index in [1.54, 1.807) is 0 Å². The Labute approximate surface area is 120 Å². The fourth-order valence-corrected chi connectivity index (χ4v) is 3.39. The molecular weight excluding hydrogens is 252 g/mol. The van der Waals surface area contributed by atoms with Gasteiger partial charge < -0.3 is 4.74 Å². The second-order valence-corrected chi connectivity index (χ2v) is 6.30. The zero-order valence-electron chi connectivity index (χ0n) is 12.3. The summed E-state index contributed by atoms with van der Waals surface area (Å²) in [6.07, 6.45) is 10.00. The first kappa shape index (κ1) is 13.8. The van der Waals surface area contributed by atoms with E-state index in [1.165, 1.54) is 32.1 Å². The molecule has 1 saturated heterocycles. The lowest BCUT2D eigenvalue weighted by atomic mass is 9.96. The molecule has 110 valence electrons. The van der Waals surface area contributed by atoms with Crippen molar-refractivity contribution in [2.45, 2.75) is 64.0 Å². The van der Waals surface area contributed by atoms with E-state index in [-0.39, 0.29) is 17.8 Å². The number of carbonyl (C=O) groups is 1. The van der Waals surface area contributed by atoms with Crippen LogP contribution in [-0.4, -0.2) is 28.3 Å². The van der Waals surface area contributed by atoms with Gasteiger partial charge in [-0.3, -0.25) is 9.48 Å². The standard InChI is InChI=1S/C16H24N2O2/c1-12-9-13(11-20-12)16(19)10-14-7-8-18(17-14)15-5-3-2-4-6-15/h7-8,12-13,15H,2-6,9-11H2,1H3. The van der Waals surface area contributed by atoms with E-state index in [1.807, 2.05) is 19.2 Å². The first-order valence-electron chi connectivity index (χ1n) is 7.90. The zero-order valence-corrected chi connectivity index (χ0v) is 12.3. The van der Waals surface area contributed by atoms with Crippen molar-refractivity contribution in [3.05, 3.63) is 18.0 Å². The van der Waals surface area contributed by atoms with Crippen molar-refractivity contribution in [1.29, 1.82) is 0 Å². The van der Waals surface area contributed by atoms with Gasteiger partial charge in [0.25, 0.3) is 0 Å². The van der Waals surface area contributed by atoms with Gasteiger partial charge >= 0.3 is 0 Å². The van der Waals surface area contributed by atoms with E-state index in [2.05, 4.69) is 9.78 Å². The van der Waals surface area contributed by atoms with Crippen LogP contribution in [0.1, 0.15) is 57.2 Å². The summed E-state index contributed by atoms with van der Waals surface area (Å²) in [5.41, 5.74) is 0.917. The minimum absolute atomic E-state index is 0.0739. The molecule has 0 spiro atoms. The third kappa shape index (κ3) is 3.11. The number of nitrogens with zero attached hydrogens (tertiary/aromatic N) is 2. The van der Waals surface area contributed by atoms with Gasteiger partial charge in [-0.25, -0.2) is 0 Å². The Bertz CT molecular complexity index is 463. The Kier molecular flexibility index (Phi) is 4.20. The summed E-state index contributed by atoms with van der Waals surface area (Å²) in [6, 6.07) is 2.55. The van der Waals surface area contributed by atoms with Crippen molar-refractivity contribution in [2.75, 3.05) is 6.61 Å². The molecule has 2 heterocycles. The Hall–Kier alpha value is -1.16. The maximum Gasteiger partial charge on any atom is 0.144 e. The normalized spacial score (nSPS) is 27.9. The predicted molar refractivity (Wildman–Crippen MR) is 76.6 cm³/mol. The zero-order chi connectivity index (χ0) is 13.9. The number of Topliss-reactive ketones (excluding diaryl/α,β-unsaturated/α-hetero) is 1. The summed E-state index contributed by atoms with van der Waals surface area (Å²) in [6.45, 7) is 2.62. The Morgan fingerprint density at radius 2 is 2.20 bits per heavy atom. The minimum atomic E-state index is 0.0739. The summed E-state index contributed by atoms with van der Waals surface area (Å²) in [4.78, 5) is 12.2. The SMILES string of the molecule is CC1CC(C(=O)Cc2ccn(C3CCCCC3)n2)CO1. The highest BCUT2D eigenvalue weighted by molar-refractivity contribution is 5.83. The Morgan fingerprint density at radius 1 is 1.40 bits per heavy atom. The van der Waals surface area contributed by atoms with Crippen LogP contribution in [0.25, 0.3) is 0 Å². The fraction of sp³-hybridized carbons (Fsp3) is 0.750. The maximum absolute atomic E-state index is 12.2. The Morgan fingerprint density at radius 3 is 2.90 bits per heavy atom. The number of hydrogen-bond donors (Lipinski definition) is 0. The van der Waals surface area contributed by atoms with E-state index in [9.17, 15) is 4.79 Å². The first-order valence-corrected chi connectivity index (χ1v) is 7.90. The van der Waals surface area contributed by atoms with E-state index in [0.717, 1.165) is 12.1 Å². The van der Waals surface area contributed by atoms with E-state index in [0.29, 0.717) is 19.1 Å². The highest BCUT2D eigenvalue weighted by Gasteiger charge is 2.28. The molecule has 2 aliphatic rings. The second kappa shape index (κ2) is 6.08. The fourth-order valence-electron chi connectivity index (χ4n) is 3.39. The van der Waals surface area contributed by atoms with Crippen molar-refractivity contribution >= 4 is 5.78 Å². The molecule has 0 aromatic carbocycles. The molecule has 2 atom stereocenters. The molecule has 0 amide bonds. The van der Waals surface area contributed by atoms with Crippen LogP contribution < -0.4 is 0 Å². The summed E-state index contributed by atoms with van der Waals surface area (Å²) in [7, 11) is 0. The van der Waals surface area contributed by atoms with Gasteiger partial charge in [0.15, 0.2) is 0 Å². The molecule has 4 heteroatoms. The van der Waals surface area contributed by atoms with Crippen molar-refractivity contribution in [1.82, 2.24) is 9.78 Å². The number of rotatable bonds is 4. The van der Waals surface area contributed by atoms with Crippen LogP contribution in [0.3, 0.4) is 0 Å². The topological polar surface area (TPSA) is 44.1 Å². The van der Waals surface area contributed by atoms with Crippen molar-refractivity contribution in [2.24, 2.45) is 5.92 Å². The molecule has 1 saturated carbocycles. The first-order chi connectivity index (χ1) is 9.72. The van der Waals surface area contributed by atoms with Gasteiger partial charge in [0, 0.05) is 12.1 Å². The van der Waals surface area contributed by atoms with Crippen molar-refractivity contribution in [3.63, 3.8) is 0 Å². The molecule has 0 N–H and O–H groups in total. The molecule has 3 rings (SSSR count). The molecule has 0 radical (unpaired) electrons. The molecule has 2 unspecified atom stereocenters.